The first-order chi connectivity index (χ1) is 15.3. The molecule has 0 unspecified atom stereocenters. The maximum Gasteiger partial charge on any atom is 0.361 e. The third-order valence-corrected chi connectivity index (χ3v) is 4.79. The molecule has 1 aromatic carbocycles. The van der Waals surface area contributed by atoms with Crippen LogP contribution in [0.3, 0.4) is 0 Å². The topological polar surface area (TPSA) is 134 Å². The van der Waals surface area contributed by atoms with Gasteiger partial charge in [0.05, 0.1) is 19.7 Å². The number of amides is 1. The second-order valence-corrected chi connectivity index (χ2v) is 6.77. The van der Waals surface area contributed by atoms with E-state index < -0.39 is 29.2 Å². The SMILES string of the molecule is COC(=O)c1nnc(N(CCc2cn(C(C)=O)c3ccccc23)C(C)=O)nc1C(=O)OC. The number of ether oxygens (including phenoxy) is 2. The van der Waals surface area contributed by atoms with Crippen molar-refractivity contribution >= 4 is 40.6 Å². The second kappa shape index (κ2) is 9.33. The van der Waals surface area contributed by atoms with Gasteiger partial charge in [-0.1, -0.05) is 18.2 Å². The van der Waals surface area contributed by atoms with Gasteiger partial charge in [0.1, 0.15) is 0 Å². The molecule has 0 spiro atoms. The molecule has 166 valence electrons. The van der Waals surface area contributed by atoms with Gasteiger partial charge in [-0.05, 0) is 18.1 Å². The molecule has 11 heteroatoms. The van der Waals surface area contributed by atoms with Crippen LogP contribution >= 0.6 is 0 Å². The Balaban J connectivity index is 1.96. The number of nitrogens with zero attached hydrogens (tertiary/aromatic N) is 5. The lowest BCUT2D eigenvalue weighted by molar-refractivity contribution is -0.116. The van der Waals surface area contributed by atoms with E-state index in [9.17, 15) is 19.2 Å². The first-order valence-electron chi connectivity index (χ1n) is 9.57. The molecule has 3 aromatic rings. The fourth-order valence-electron chi connectivity index (χ4n) is 3.25. The molecular formula is C21H21N5O6. The van der Waals surface area contributed by atoms with Gasteiger partial charge in [0, 0.05) is 32.0 Å². The van der Waals surface area contributed by atoms with Crippen LogP contribution in [0.4, 0.5) is 5.95 Å². The number of rotatable bonds is 6. The largest absolute Gasteiger partial charge is 0.464 e. The molecule has 11 nitrogen and oxygen atoms in total. The highest BCUT2D eigenvalue weighted by Crippen LogP contribution is 2.23. The summed E-state index contributed by atoms with van der Waals surface area (Å²) in [5, 5.41) is 8.43. The average molecular weight is 439 g/mol. The fourth-order valence-corrected chi connectivity index (χ4v) is 3.25. The van der Waals surface area contributed by atoms with Crippen LogP contribution in [0.5, 0.6) is 0 Å². The number of carbonyl (C=O) groups excluding carboxylic acids is 4. The molecule has 0 fully saturated rings. The Morgan fingerprint density at radius 1 is 0.969 bits per heavy atom. The molecule has 2 heterocycles. The van der Waals surface area contributed by atoms with Crippen LogP contribution in [-0.4, -0.2) is 64.3 Å². The smallest absolute Gasteiger partial charge is 0.361 e. The van der Waals surface area contributed by atoms with Crippen LogP contribution < -0.4 is 4.90 Å². The lowest BCUT2D eigenvalue weighted by Gasteiger charge is -2.19. The van der Waals surface area contributed by atoms with Crippen molar-refractivity contribution in [3.8, 4) is 0 Å². The molecular weight excluding hydrogens is 418 g/mol. The van der Waals surface area contributed by atoms with Gasteiger partial charge < -0.3 is 9.47 Å². The predicted octanol–water partition coefficient (Wildman–Crippen LogP) is 1.66. The zero-order valence-electron chi connectivity index (χ0n) is 18.0. The summed E-state index contributed by atoms with van der Waals surface area (Å²) in [6.07, 6.45) is 2.10. The second-order valence-electron chi connectivity index (χ2n) is 6.77. The van der Waals surface area contributed by atoms with Crippen molar-refractivity contribution < 1.29 is 28.7 Å². The van der Waals surface area contributed by atoms with Gasteiger partial charge in [-0.25, -0.2) is 14.6 Å². The molecule has 0 bridgehead atoms. The molecule has 3 rings (SSSR count). The highest BCUT2D eigenvalue weighted by molar-refractivity contribution is 6.00. The maximum atomic E-state index is 12.3. The van der Waals surface area contributed by atoms with Gasteiger partial charge >= 0.3 is 11.9 Å². The summed E-state index contributed by atoms with van der Waals surface area (Å²) in [4.78, 5) is 53.5. The number of aromatic nitrogens is 4. The number of methoxy groups -OCH3 is 2. The number of hydrogen-bond acceptors (Lipinski definition) is 9. The molecule has 0 aliphatic carbocycles. The number of benzene rings is 1. The zero-order chi connectivity index (χ0) is 23.4. The minimum atomic E-state index is -0.922. The van der Waals surface area contributed by atoms with E-state index in [-0.39, 0.29) is 18.4 Å². The Hall–Kier alpha value is -4.15. The normalized spacial score (nSPS) is 10.6. The van der Waals surface area contributed by atoms with Gasteiger partial charge in [-0.3, -0.25) is 19.1 Å². The van der Waals surface area contributed by atoms with E-state index in [1.54, 1.807) is 10.8 Å². The third-order valence-electron chi connectivity index (χ3n) is 4.79. The molecule has 0 aliphatic heterocycles. The lowest BCUT2D eigenvalue weighted by atomic mass is 10.1. The van der Waals surface area contributed by atoms with Gasteiger partial charge in [0.25, 0.3) is 5.95 Å². The highest BCUT2D eigenvalue weighted by Gasteiger charge is 2.26. The summed E-state index contributed by atoms with van der Waals surface area (Å²) in [6, 6.07) is 7.43. The molecule has 1 amide bonds. The third kappa shape index (κ3) is 4.31. The van der Waals surface area contributed by atoms with E-state index in [2.05, 4.69) is 24.7 Å². The van der Waals surface area contributed by atoms with Crippen molar-refractivity contribution in [3.05, 3.63) is 47.4 Å². The Kier molecular flexibility index (Phi) is 6.57. The van der Waals surface area contributed by atoms with Gasteiger partial charge in [0.2, 0.25) is 17.5 Å². The van der Waals surface area contributed by atoms with Gasteiger partial charge in [-0.15, -0.1) is 10.2 Å². The molecule has 0 saturated carbocycles. The highest BCUT2D eigenvalue weighted by atomic mass is 16.5. The lowest BCUT2D eigenvalue weighted by Crippen LogP contribution is -2.33. The van der Waals surface area contributed by atoms with Crippen molar-refractivity contribution in [2.24, 2.45) is 0 Å². The van der Waals surface area contributed by atoms with Crippen LogP contribution in [0.2, 0.25) is 0 Å². The van der Waals surface area contributed by atoms with E-state index in [0.29, 0.717) is 6.42 Å². The molecule has 32 heavy (non-hydrogen) atoms. The Labute approximate surface area is 182 Å². The van der Waals surface area contributed by atoms with Gasteiger partial charge in [0.15, 0.2) is 5.69 Å². The first-order valence-corrected chi connectivity index (χ1v) is 9.57. The minimum Gasteiger partial charge on any atom is -0.464 e. The van der Waals surface area contributed by atoms with Crippen LogP contribution in [-0.2, 0) is 20.7 Å². The molecule has 0 saturated heterocycles. The van der Waals surface area contributed by atoms with E-state index in [1.807, 2.05) is 24.3 Å². The number of esters is 2. The Morgan fingerprint density at radius 3 is 2.25 bits per heavy atom. The molecule has 2 aromatic heterocycles. The van der Waals surface area contributed by atoms with Crippen molar-refractivity contribution in [1.29, 1.82) is 0 Å². The molecule has 0 radical (unpaired) electrons. The average Bonchev–Trinajstić information content (AvgIpc) is 3.17. The zero-order valence-corrected chi connectivity index (χ0v) is 18.0. The van der Waals surface area contributed by atoms with Gasteiger partial charge in [-0.2, -0.15) is 0 Å². The van der Waals surface area contributed by atoms with Crippen molar-refractivity contribution in [1.82, 2.24) is 19.7 Å². The maximum absolute atomic E-state index is 12.3. The van der Waals surface area contributed by atoms with Crippen molar-refractivity contribution in [2.45, 2.75) is 20.3 Å². The fraction of sp³-hybridized carbons (Fsp3) is 0.286. The summed E-state index contributed by atoms with van der Waals surface area (Å²) in [7, 11) is 2.25. The van der Waals surface area contributed by atoms with E-state index in [0.717, 1.165) is 30.7 Å². The molecule has 0 atom stereocenters. The summed E-state index contributed by atoms with van der Waals surface area (Å²) in [5.41, 5.74) is 0.770. The standard InChI is InChI=1S/C21H21N5O6/c1-12(27)25(21-22-17(19(29)31-3)18(23-24-21)20(30)32-4)10-9-14-11-26(13(2)28)16-8-6-5-7-15(14)16/h5-8,11H,9-10H2,1-4H3. The monoisotopic (exact) mass is 439 g/mol. The number of carbonyl (C=O) groups is 4. The summed E-state index contributed by atoms with van der Waals surface area (Å²) in [5.74, 6) is -2.54. The minimum absolute atomic E-state index is 0.135. The quantitative estimate of drug-likeness (QED) is 0.526. The van der Waals surface area contributed by atoms with E-state index in [4.69, 9.17) is 0 Å². The summed E-state index contributed by atoms with van der Waals surface area (Å²) in [6.45, 7) is 2.92. The number of fused-ring (bicyclic) bond motifs is 1. The van der Waals surface area contributed by atoms with E-state index in [1.165, 1.54) is 18.7 Å². The molecule has 0 N–H and O–H groups in total. The number of hydrogen-bond donors (Lipinski definition) is 0. The van der Waals surface area contributed by atoms with E-state index >= 15 is 0 Å². The Morgan fingerprint density at radius 2 is 1.62 bits per heavy atom. The van der Waals surface area contributed by atoms with Crippen LogP contribution in [0.25, 0.3) is 10.9 Å². The number of para-hydroxylation sites is 1. The van der Waals surface area contributed by atoms with Crippen molar-refractivity contribution in [3.63, 3.8) is 0 Å². The number of anilines is 1. The summed E-state index contributed by atoms with van der Waals surface area (Å²) >= 11 is 0. The van der Waals surface area contributed by atoms with Crippen LogP contribution in [0.1, 0.15) is 45.2 Å². The Bertz CT molecular complexity index is 1220. The van der Waals surface area contributed by atoms with Crippen molar-refractivity contribution in [2.75, 3.05) is 25.7 Å². The van der Waals surface area contributed by atoms with Crippen LogP contribution in [0, 0.1) is 0 Å². The van der Waals surface area contributed by atoms with Crippen LogP contribution in [0.15, 0.2) is 30.5 Å². The predicted molar refractivity (Wildman–Crippen MR) is 112 cm³/mol. The summed E-state index contributed by atoms with van der Waals surface area (Å²) < 4.78 is 10.8. The first kappa shape index (κ1) is 22.5. The molecule has 0 aliphatic rings.